The van der Waals surface area contributed by atoms with Gasteiger partial charge in [-0.15, -0.1) is 0 Å². The summed E-state index contributed by atoms with van der Waals surface area (Å²) in [5.74, 6) is -1.12. The smallest absolute Gasteiger partial charge is 0.352 e. The van der Waals surface area contributed by atoms with Crippen LogP contribution in [0.3, 0.4) is 0 Å². The molecule has 2 aromatic rings. The lowest BCUT2D eigenvalue weighted by molar-refractivity contribution is -0.391. The van der Waals surface area contributed by atoms with Crippen LogP contribution in [-0.4, -0.2) is 43.9 Å². The lowest BCUT2D eigenvalue weighted by atomic mass is 10.4. The minimum atomic E-state index is -0.992. The van der Waals surface area contributed by atoms with Crippen LogP contribution in [0.2, 0.25) is 0 Å². The molecule has 0 aliphatic carbocycles. The molecule has 0 fully saturated rings. The zero-order chi connectivity index (χ0) is 14.0. The van der Waals surface area contributed by atoms with Crippen molar-refractivity contribution >= 4 is 17.4 Å². The van der Waals surface area contributed by atoms with E-state index >= 15 is 0 Å². The normalized spacial score (nSPS) is 11.1. The van der Waals surface area contributed by atoms with Crippen LogP contribution in [-0.2, 0) is 11.3 Å². The molecule has 0 bridgehead atoms. The zero-order valence-corrected chi connectivity index (χ0v) is 10.2. The number of carboxylic acid groups (broad SMARTS) is 1. The van der Waals surface area contributed by atoms with Crippen LogP contribution in [0.15, 0.2) is 24.4 Å². The van der Waals surface area contributed by atoms with Gasteiger partial charge in [0.05, 0.1) is 12.7 Å². The van der Waals surface area contributed by atoms with Crippen LogP contribution in [0.1, 0.15) is 5.69 Å². The number of hydrogen-bond donors (Lipinski definition) is 1. The maximum atomic E-state index is 11.1. The Morgan fingerprint density at radius 1 is 1.58 bits per heavy atom. The van der Waals surface area contributed by atoms with Gasteiger partial charge < -0.3 is 15.2 Å². The van der Waals surface area contributed by atoms with Gasteiger partial charge in [0.25, 0.3) is 0 Å². The fourth-order valence-electron chi connectivity index (χ4n) is 1.87. The van der Waals surface area contributed by atoms with Gasteiger partial charge in [0.2, 0.25) is 5.65 Å². The average molecular weight is 264 g/mol. The molecule has 0 saturated heterocycles. The molecule has 0 aliphatic heterocycles. The van der Waals surface area contributed by atoms with E-state index in [4.69, 9.17) is 5.11 Å². The van der Waals surface area contributed by atoms with Crippen molar-refractivity contribution in [1.82, 2.24) is 14.3 Å². The molecule has 0 aromatic carbocycles. The molecule has 0 unspecified atom stereocenters. The molecule has 2 aromatic heterocycles. The summed E-state index contributed by atoms with van der Waals surface area (Å²) in [7, 11) is 1.57. The number of carboxylic acids is 1. The quantitative estimate of drug-likeness (QED) is 0.632. The van der Waals surface area contributed by atoms with Crippen molar-refractivity contribution < 1.29 is 14.8 Å². The van der Waals surface area contributed by atoms with Crippen molar-refractivity contribution in [2.24, 2.45) is 0 Å². The van der Waals surface area contributed by atoms with Crippen LogP contribution in [0, 0.1) is 10.1 Å². The van der Waals surface area contributed by atoms with Crippen LogP contribution in [0.25, 0.3) is 5.65 Å². The Balaban J connectivity index is 2.39. The number of imidazole rings is 1. The Bertz CT molecular complexity index is 637. The molecule has 1 N–H and O–H groups in total. The molecule has 0 aliphatic rings. The molecule has 2 rings (SSSR count). The van der Waals surface area contributed by atoms with E-state index in [2.05, 4.69) is 4.98 Å². The van der Waals surface area contributed by atoms with Crippen molar-refractivity contribution in [3.63, 3.8) is 0 Å². The second-order valence-corrected chi connectivity index (χ2v) is 4.13. The lowest BCUT2D eigenvalue weighted by Gasteiger charge is -2.11. The number of pyridine rings is 1. The van der Waals surface area contributed by atoms with Crippen molar-refractivity contribution in [3.05, 3.63) is 40.2 Å². The van der Waals surface area contributed by atoms with Crippen molar-refractivity contribution in [3.8, 4) is 0 Å². The molecule has 2 heterocycles. The highest BCUT2D eigenvalue weighted by Crippen LogP contribution is 2.21. The van der Waals surface area contributed by atoms with E-state index in [-0.39, 0.29) is 24.6 Å². The maximum Gasteiger partial charge on any atom is 0.352 e. The van der Waals surface area contributed by atoms with Gasteiger partial charge in [-0.25, -0.2) is 4.98 Å². The van der Waals surface area contributed by atoms with Gasteiger partial charge in [0.1, 0.15) is 0 Å². The number of carbonyl (C=O) groups is 1. The van der Waals surface area contributed by atoms with Gasteiger partial charge in [0.15, 0.2) is 5.69 Å². The summed E-state index contributed by atoms with van der Waals surface area (Å²) in [5, 5.41) is 19.8. The molecule has 19 heavy (non-hydrogen) atoms. The SMILES string of the molecule is CN(CC(=O)O)Cc1nc2ccccn2c1[N+](=O)[O-]. The highest BCUT2D eigenvalue weighted by atomic mass is 16.6. The van der Waals surface area contributed by atoms with Crippen LogP contribution >= 0.6 is 0 Å². The van der Waals surface area contributed by atoms with Gasteiger partial charge in [0, 0.05) is 12.6 Å². The van der Waals surface area contributed by atoms with Crippen LogP contribution in [0.4, 0.5) is 5.82 Å². The molecule has 8 nitrogen and oxygen atoms in total. The lowest BCUT2D eigenvalue weighted by Crippen LogP contribution is -2.25. The van der Waals surface area contributed by atoms with Gasteiger partial charge in [-0.3, -0.25) is 9.69 Å². The standard InChI is InChI=1S/C11H12N4O4/c1-13(7-10(16)17)6-8-11(15(18)19)14-5-3-2-4-9(14)12-8/h2-5H,6-7H2,1H3,(H,16,17). The maximum absolute atomic E-state index is 11.1. The van der Waals surface area contributed by atoms with Crippen molar-refractivity contribution in [2.75, 3.05) is 13.6 Å². The first-order valence-corrected chi connectivity index (χ1v) is 5.49. The largest absolute Gasteiger partial charge is 0.480 e. The van der Waals surface area contributed by atoms with E-state index in [1.165, 1.54) is 9.30 Å². The first-order chi connectivity index (χ1) is 8.99. The summed E-state index contributed by atoms with van der Waals surface area (Å²) >= 11 is 0. The van der Waals surface area contributed by atoms with Crippen LogP contribution in [0.5, 0.6) is 0 Å². The number of nitrogens with zero attached hydrogens (tertiary/aromatic N) is 4. The summed E-state index contributed by atoms with van der Waals surface area (Å²) in [6, 6.07) is 5.07. The number of rotatable bonds is 5. The Morgan fingerprint density at radius 2 is 2.32 bits per heavy atom. The second kappa shape index (κ2) is 5.02. The van der Waals surface area contributed by atoms with Gasteiger partial charge >= 0.3 is 11.8 Å². The number of nitro groups is 1. The second-order valence-electron chi connectivity index (χ2n) is 4.13. The van der Waals surface area contributed by atoms with E-state index in [0.717, 1.165) is 0 Å². The van der Waals surface area contributed by atoms with E-state index in [0.29, 0.717) is 5.65 Å². The number of aliphatic carboxylic acids is 1. The molecule has 0 saturated carbocycles. The summed E-state index contributed by atoms with van der Waals surface area (Å²) < 4.78 is 1.38. The number of fused-ring (bicyclic) bond motifs is 1. The summed E-state index contributed by atoms with van der Waals surface area (Å²) in [4.78, 5) is 26.8. The first-order valence-electron chi connectivity index (χ1n) is 5.49. The van der Waals surface area contributed by atoms with Crippen LogP contribution < -0.4 is 0 Å². The zero-order valence-electron chi connectivity index (χ0n) is 10.2. The minimum absolute atomic E-state index is 0.101. The van der Waals surface area contributed by atoms with Crippen molar-refractivity contribution in [1.29, 1.82) is 0 Å². The van der Waals surface area contributed by atoms with E-state index in [1.807, 2.05) is 0 Å². The fourth-order valence-corrected chi connectivity index (χ4v) is 1.87. The van der Waals surface area contributed by atoms with E-state index < -0.39 is 10.9 Å². The molecule has 0 amide bonds. The predicted octanol–water partition coefficient (Wildman–Crippen LogP) is 0.759. The third kappa shape index (κ3) is 2.68. The fraction of sp³-hybridized carbons (Fsp3) is 0.273. The third-order valence-electron chi connectivity index (χ3n) is 2.57. The Hall–Kier alpha value is -2.48. The van der Waals surface area contributed by atoms with E-state index in [9.17, 15) is 14.9 Å². The number of hydrogen-bond acceptors (Lipinski definition) is 5. The van der Waals surface area contributed by atoms with Gasteiger partial charge in [-0.2, -0.15) is 4.40 Å². The first kappa shape index (κ1) is 13.0. The minimum Gasteiger partial charge on any atom is -0.480 e. The van der Waals surface area contributed by atoms with Crippen molar-refractivity contribution in [2.45, 2.75) is 6.54 Å². The average Bonchev–Trinajstić information content (AvgIpc) is 2.64. The third-order valence-corrected chi connectivity index (χ3v) is 2.57. The highest BCUT2D eigenvalue weighted by Gasteiger charge is 2.23. The molecule has 0 spiro atoms. The molecular weight excluding hydrogens is 252 g/mol. The molecule has 8 heteroatoms. The summed E-state index contributed by atoms with van der Waals surface area (Å²) in [6.07, 6.45) is 1.56. The Labute approximate surface area is 108 Å². The summed E-state index contributed by atoms with van der Waals surface area (Å²) in [5.41, 5.74) is 0.716. The monoisotopic (exact) mass is 264 g/mol. The molecule has 0 radical (unpaired) electrons. The highest BCUT2D eigenvalue weighted by molar-refractivity contribution is 5.69. The van der Waals surface area contributed by atoms with E-state index in [1.54, 1.807) is 31.4 Å². The Kier molecular flexibility index (Phi) is 3.43. The van der Waals surface area contributed by atoms with Gasteiger partial charge in [-0.1, -0.05) is 6.07 Å². The molecular formula is C11H12N4O4. The molecule has 0 atom stereocenters. The molecule has 100 valence electrons. The number of likely N-dealkylation sites (N-methyl/N-ethyl adjacent to an activating group) is 1. The summed E-state index contributed by atoms with van der Waals surface area (Å²) in [6.45, 7) is -0.102. The topological polar surface area (TPSA) is 101 Å². The number of aromatic nitrogens is 2. The Morgan fingerprint density at radius 3 is 2.95 bits per heavy atom. The predicted molar refractivity (Wildman–Crippen MR) is 65.8 cm³/mol. The van der Waals surface area contributed by atoms with Gasteiger partial charge in [-0.05, 0) is 18.0 Å².